The van der Waals surface area contributed by atoms with E-state index in [4.69, 9.17) is 9.47 Å². The summed E-state index contributed by atoms with van der Waals surface area (Å²) in [6.45, 7) is 2.65. The van der Waals surface area contributed by atoms with E-state index >= 15 is 0 Å². The average Bonchev–Trinajstić information content (AvgIpc) is 2.94. The van der Waals surface area contributed by atoms with Crippen molar-refractivity contribution in [1.29, 1.82) is 0 Å². The van der Waals surface area contributed by atoms with Gasteiger partial charge >= 0.3 is 0 Å². The van der Waals surface area contributed by atoms with Crippen LogP contribution in [0.4, 0.5) is 0 Å². The number of fused-ring (bicyclic) bond motifs is 2. The van der Waals surface area contributed by atoms with Crippen molar-refractivity contribution < 1.29 is 22.7 Å². The maximum absolute atomic E-state index is 12.9. The first-order valence-corrected chi connectivity index (χ1v) is 15.1. The van der Waals surface area contributed by atoms with Crippen molar-refractivity contribution in [3.05, 3.63) is 78.0 Å². The molecular weight excluding hydrogens is 528 g/mol. The number of hydrogen-bond acceptors (Lipinski definition) is 7. The lowest BCUT2D eigenvalue weighted by Gasteiger charge is -2.23. The molecule has 1 aliphatic heterocycles. The van der Waals surface area contributed by atoms with Gasteiger partial charge in [-0.3, -0.25) is 9.69 Å². The first-order valence-electron chi connectivity index (χ1n) is 13.7. The number of nitrogens with zero attached hydrogens (tertiary/aromatic N) is 3. The highest BCUT2D eigenvalue weighted by Gasteiger charge is 2.18. The Hall–Kier alpha value is -3.47. The Morgan fingerprint density at radius 2 is 1.73 bits per heavy atom. The molecule has 10 heteroatoms. The second-order valence-electron chi connectivity index (χ2n) is 10.0. The van der Waals surface area contributed by atoms with E-state index in [-0.39, 0.29) is 17.3 Å². The third kappa shape index (κ3) is 8.27. The fraction of sp³-hybridized carbons (Fsp3) is 0.400. The second-order valence-corrected chi connectivity index (χ2v) is 12.2. The minimum absolute atomic E-state index is 0.0574. The third-order valence-corrected chi connectivity index (χ3v) is 8.56. The number of benzene rings is 2. The summed E-state index contributed by atoms with van der Waals surface area (Å²) in [5.74, 6) is 1.76. The maximum Gasteiger partial charge on any atom is 0.242 e. The molecule has 0 fully saturated rings. The minimum Gasteiger partial charge on any atom is -0.490 e. The number of aromatic nitrogens is 1. The first-order chi connectivity index (χ1) is 19.3. The van der Waals surface area contributed by atoms with Crippen LogP contribution in [0.15, 0.2) is 71.8 Å². The van der Waals surface area contributed by atoms with Crippen molar-refractivity contribution in [3.8, 4) is 17.4 Å². The number of hydrogen-bond donors (Lipinski definition) is 1. The summed E-state index contributed by atoms with van der Waals surface area (Å²) in [6.07, 6.45) is 6.34. The van der Waals surface area contributed by atoms with Gasteiger partial charge in [-0.15, -0.1) is 0 Å². The van der Waals surface area contributed by atoms with E-state index in [0.29, 0.717) is 43.5 Å². The Morgan fingerprint density at radius 1 is 0.975 bits per heavy atom. The van der Waals surface area contributed by atoms with E-state index in [1.54, 1.807) is 30.5 Å². The van der Waals surface area contributed by atoms with Gasteiger partial charge in [0, 0.05) is 38.9 Å². The SMILES string of the molecule is CN(C)S(=O)(=O)c1ccc(CCNC(=O)CN2CCCCCCOc3ccccc3Oc3ncccc3C2)cc1. The van der Waals surface area contributed by atoms with Gasteiger partial charge < -0.3 is 14.8 Å². The smallest absolute Gasteiger partial charge is 0.242 e. The molecule has 4 rings (SSSR count). The minimum atomic E-state index is -3.46. The molecule has 0 atom stereocenters. The summed E-state index contributed by atoms with van der Waals surface area (Å²) in [4.78, 5) is 19.8. The van der Waals surface area contributed by atoms with Crippen LogP contribution in [0.25, 0.3) is 0 Å². The Morgan fingerprint density at radius 3 is 2.50 bits per heavy atom. The Bertz CT molecular complexity index is 1360. The largest absolute Gasteiger partial charge is 0.490 e. The van der Waals surface area contributed by atoms with Crippen molar-refractivity contribution in [2.75, 3.05) is 40.3 Å². The van der Waals surface area contributed by atoms with E-state index in [9.17, 15) is 13.2 Å². The molecule has 0 saturated heterocycles. The fourth-order valence-electron chi connectivity index (χ4n) is 4.47. The van der Waals surface area contributed by atoms with Gasteiger partial charge in [0.2, 0.25) is 21.8 Å². The molecule has 1 N–H and O–H groups in total. The number of ether oxygens (including phenoxy) is 2. The summed E-state index contributed by atoms with van der Waals surface area (Å²) >= 11 is 0. The van der Waals surface area contributed by atoms with Gasteiger partial charge in [0.25, 0.3) is 0 Å². The van der Waals surface area contributed by atoms with E-state index in [1.165, 1.54) is 18.4 Å². The zero-order chi connectivity index (χ0) is 28.4. The lowest BCUT2D eigenvalue weighted by atomic mass is 10.1. The summed E-state index contributed by atoms with van der Waals surface area (Å²) in [7, 11) is -0.440. The van der Waals surface area contributed by atoms with E-state index in [2.05, 4.69) is 15.2 Å². The molecule has 0 aliphatic carbocycles. The van der Waals surface area contributed by atoms with Crippen LogP contribution in [0, 0.1) is 0 Å². The van der Waals surface area contributed by atoms with E-state index in [1.807, 2.05) is 36.4 Å². The molecule has 2 heterocycles. The first kappa shape index (κ1) is 29.5. The topological polar surface area (TPSA) is 101 Å². The zero-order valence-corrected chi connectivity index (χ0v) is 24.0. The molecule has 0 unspecified atom stereocenters. The molecule has 0 radical (unpaired) electrons. The second kappa shape index (κ2) is 14.2. The van der Waals surface area contributed by atoms with Crippen LogP contribution in [0.1, 0.15) is 36.8 Å². The number of amides is 1. The van der Waals surface area contributed by atoms with Gasteiger partial charge in [-0.2, -0.15) is 0 Å². The lowest BCUT2D eigenvalue weighted by molar-refractivity contribution is -0.122. The Balaban J connectivity index is 1.38. The molecule has 3 aromatic rings. The van der Waals surface area contributed by atoms with Crippen LogP contribution < -0.4 is 14.8 Å². The fourth-order valence-corrected chi connectivity index (χ4v) is 5.37. The van der Waals surface area contributed by atoms with Gasteiger partial charge in [0.15, 0.2) is 11.5 Å². The van der Waals surface area contributed by atoms with Crippen LogP contribution >= 0.6 is 0 Å². The monoisotopic (exact) mass is 566 g/mol. The molecule has 214 valence electrons. The highest BCUT2D eigenvalue weighted by atomic mass is 32.2. The van der Waals surface area contributed by atoms with Crippen molar-refractivity contribution in [2.45, 2.75) is 43.5 Å². The normalized spacial score (nSPS) is 15.2. The molecule has 1 aliphatic rings. The molecule has 0 bridgehead atoms. The zero-order valence-electron chi connectivity index (χ0n) is 23.2. The quantitative estimate of drug-likeness (QED) is 0.457. The molecule has 1 amide bonds. The van der Waals surface area contributed by atoms with Crippen LogP contribution in [-0.2, 0) is 27.8 Å². The van der Waals surface area contributed by atoms with Crippen LogP contribution in [0.5, 0.6) is 17.4 Å². The molecule has 0 saturated carbocycles. The standard InChI is InChI=1S/C30H38N4O5S/c1-33(2)40(36,37)26-15-13-24(14-16-26)17-19-31-29(35)23-34-20-7-3-4-8-21-38-27-11-5-6-12-28(27)39-30-25(22-34)10-9-18-32-30/h5-6,9-16,18H,3-4,7-8,17,19-23H2,1-2H3,(H,31,35). The van der Waals surface area contributed by atoms with Gasteiger partial charge in [-0.1, -0.05) is 43.2 Å². The van der Waals surface area contributed by atoms with Crippen LogP contribution in [0.2, 0.25) is 0 Å². The predicted molar refractivity (Wildman–Crippen MR) is 154 cm³/mol. The number of sulfonamides is 1. The van der Waals surface area contributed by atoms with Crippen molar-refractivity contribution in [1.82, 2.24) is 19.5 Å². The van der Waals surface area contributed by atoms with E-state index in [0.717, 1.165) is 43.4 Å². The van der Waals surface area contributed by atoms with Crippen LogP contribution in [0.3, 0.4) is 0 Å². The van der Waals surface area contributed by atoms with Gasteiger partial charge in [0.1, 0.15) is 0 Å². The summed E-state index contributed by atoms with van der Waals surface area (Å²) in [5.41, 5.74) is 1.85. The Labute approximate surface area is 237 Å². The number of carbonyl (C=O) groups is 1. The molecule has 9 nitrogen and oxygen atoms in total. The van der Waals surface area contributed by atoms with Crippen molar-refractivity contribution in [3.63, 3.8) is 0 Å². The van der Waals surface area contributed by atoms with Gasteiger partial charge in [-0.25, -0.2) is 17.7 Å². The lowest BCUT2D eigenvalue weighted by Crippen LogP contribution is -2.38. The van der Waals surface area contributed by atoms with E-state index < -0.39 is 10.0 Å². The number of pyridine rings is 1. The number of para-hydroxylation sites is 2. The molecule has 40 heavy (non-hydrogen) atoms. The molecule has 1 aromatic heterocycles. The highest BCUT2D eigenvalue weighted by molar-refractivity contribution is 7.89. The summed E-state index contributed by atoms with van der Waals surface area (Å²) in [6, 6.07) is 18.2. The average molecular weight is 567 g/mol. The molecular formula is C30H38N4O5S. The number of rotatable bonds is 7. The van der Waals surface area contributed by atoms with Crippen molar-refractivity contribution >= 4 is 15.9 Å². The molecule has 0 spiro atoms. The van der Waals surface area contributed by atoms with Gasteiger partial charge in [0.05, 0.1) is 18.0 Å². The summed E-state index contributed by atoms with van der Waals surface area (Å²) in [5, 5.41) is 3.01. The number of carbonyl (C=O) groups excluding carboxylic acids is 1. The third-order valence-electron chi connectivity index (χ3n) is 6.73. The molecule has 2 aromatic carbocycles. The van der Waals surface area contributed by atoms with Crippen molar-refractivity contribution in [2.24, 2.45) is 0 Å². The number of nitrogens with one attached hydrogen (secondary N) is 1. The Kier molecular flexibility index (Phi) is 10.5. The highest BCUT2D eigenvalue weighted by Crippen LogP contribution is 2.32. The van der Waals surface area contributed by atoms with Gasteiger partial charge in [-0.05, 0) is 61.7 Å². The summed E-state index contributed by atoms with van der Waals surface area (Å²) < 4.78 is 37.9. The van der Waals surface area contributed by atoms with Crippen LogP contribution in [-0.4, -0.2) is 68.9 Å². The predicted octanol–water partition coefficient (Wildman–Crippen LogP) is 4.24. The maximum atomic E-state index is 12.9.